The van der Waals surface area contributed by atoms with Gasteiger partial charge in [-0.2, -0.15) is 0 Å². The number of esters is 1. The molecular weight excluding hydrogens is 330 g/mol. The van der Waals surface area contributed by atoms with Crippen LogP contribution in [-0.2, 0) is 4.74 Å². The van der Waals surface area contributed by atoms with Crippen molar-refractivity contribution in [2.45, 2.75) is 26.7 Å². The lowest BCUT2D eigenvalue weighted by molar-refractivity contribution is 0.0600. The Morgan fingerprint density at radius 2 is 1.81 bits per heavy atom. The highest BCUT2D eigenvalue weighted by molar-refractivity contribution is 6.05. The van der Waals surface area contributed by atoms with Gasteiger partial charge in [0.05, 0.1) is 30.1 Å². The molecule has 26 heavy (non-hydrogen) atoms. The zero-order valence-electron chi connectivity index (χ0n) is 15.5. The Morgan fingerprint density at radius 3 is 2.46 bits per heavy atom. The van der Waals surface area contributed by atoms with Crippen LogP contribution in [0.15, 0.2) is 42.7 Å². The Bertz CT molecular complexity index is 755. The lowest BCUT2D eigenvalue weighted by Gasteiger charge is -2.23. The number of hydrogen-bond acceptors (Lipinski definition) is 5. The standard InChI is InChI=1S/C20H25N3O3/c1-4-9-23(10-5-2)18-12-16(13-21-14-18)19(24)22-17-8-6-7-15(11-17)20(25)26-3/h6-8,11-14H,4-5,9-10H2,1-3H3,(H,22,24). The van der Waals surface area contributed by atoms with Gasteiger partial charge in [0.15, 0.2) is 0 Å². The van der Waals surface area contributed by atoms with Gasteiger partial charge in [0.2, 0.25) is 0 Å². The van der Waals surface area contributed by atoms with E-state index < -0.39 is 5.97 Å². The molecule has 0 radical (unpaired) electrons. The average Bonchev–Trinajstić information content (AvgIpc) is 2.67. The van der Waals surface area contributed by atoms with E-state index in [4.69, 9.17) is 4.74 Å². The fraction of sp³-hybridized carbons (Fsp3) is 0.350. The maximum atomic E-state index is 12.6. The van der Waals surface area contributed by atoms with Crippen molar-refractivity contribution in [1.82, 2.24) is 4.98 Å². The first-order valence-electron chi connectivity index (χ1n) is 8.78. The van der Waals surface area contributed by atoms with Crippen LogP contribution in [0.25, 0.3) is 0 Å². The van der Waals surface area contributed by atoms with Crippen molar-refractivity contribution in [3.05, 3.63) is 53.9 Å². The van der Waals surface area contributed by atoms with Crippen LogP contribution in [-0.4, -0.2) is 37.1 Å². The Balaban J connectivity index is 2.17. The van der Waals surface area contributed by atoms with Crippen LogP contribution >= 0.6 is 0 Å². The van der Waals surface area contributed by atoms with Gasteiger partial charge < -0.3 is 15.0 Å². The van der Waals surface area contributed by atoms with Gasteiger partial charge in [0.25, 0.3) is 5.91 Å². The van der Waals surface area contributed by atoms with Crippen molar-refractivity contribution in [3.63, 3.8) is 0 Å². The van der Waals surface area contributed by atoms with Crippen LogP contribution < -0.4 is 10.2 Å². The summed E-state index contributed by atoms with van der Waals surface area (Å²) < 4.78 is 4.70. The molecule has 6 heteroatoms. The molecule has 0 saturated heterocycles. The van der Waals surface area contributed by atoms with Crippen molar-refractivity contribution >= 4 is 23.3 Å². The second kappa shape index (κ2) is 9.56. The van der Waals surface area contributed by atoms with E-state index in [1.165, 1.54) is 7.11 Å². The molecule has 0 fully saturated rings. The molecule has 0 aliphatic rings. The first kappa shape index (κ1) is 19.4. The number of rotatable bonds is 8. The van der Waals surface area contributed by atoms with Crippen LogP contribution in [0.3, 0.4) is 0 Å². The monoisotopic (exact) mass is 355 g/mol. The molecule has 0 aliphatic carbocycles. The SMILES string of the molecule is CCCN(CCC)c1cncc(C(=O)Nc2cccc(C(=O)OC)c2)c1. The third kappa shape index (κ3) is 5.05. The van der Waals surface area contributed by atoms with Gasteiger partial charge in [0.1, 0.15) is 0 Å². The van der Waals surface area contributed by atoms with E-state index in [1.54, 1.807) is 36.7 Å². The highest BCUT2D eigenvalue weighted by Crippen LogP contribution is 2.18. The molecule has 0 unspecified atom stereocenters. The third-order valence-electron chi connectivity index (χ3n) is 3.88. The predicted octanol–water partition coefficient (Wildman–Crippen LogP) is 3.75. The number of hydrogen-bond donors (Lipinski definition) is 1. The molecule has 1 heterocycles. The van der Waals surface area contributed by atoms with Crippen molar-refractivity contribution in [1.29, 1.82) is 0 Å². The quantitative estimate of drug-likeness (QED) is 0.730. The predicted molar refractivity (Wildman–Crippen MR) is 103 cm³/mol. The molecule has 2 rings (SSSR count). The second-order valence-electron chi connectivity index (χ2n) is 5.95. The first-order valence-corrected chi connectivity index (χ1v) is 8.78. The smallest absolute Gasteiger partial charge is 0.337 e. The molecule has 0 saturated carbocycles. The van der Waals surface area contributed by atoms with Crippen LogP contribution in [0, 0.1) is 0 Å². The minimum Gasteiger partial charge on any atom is -0.465 e. The third-order valence-corrected chi connectivity index (χ3v) is 3.88. The van der Waals surface area contributed by atoms with E-state index in [0.717, 1.165) is 31.6 Å². The number of methoxy groups -OCH3 is 1. The van der Waals surface area contributed by atoms with E-state index in [0.29, 0.717) is 16.8 Å². The molecule has 0 atom stereocenters. The molecule has 1 N–H and O–H groups in total. The second-order valence-corrected chi connectivity index (χ2v) is 5.95. The van der Waals surface area contributed by atoms with E-state index in [2.05, 4.69) is 29.0 Å². The molecule has 0 bridgehead atoms. The molecule has 0 aliphatic heterocycles. The van der Waals surface area contributed by atoms with Crippen LogP contribution in [0.1, 0.15) is 47.4 Å². The van der Waals surface area contributed by atoms with E-state index in [9.17, 15) is 9.59 Å². The number of ether oxygens (including phenoxy) is 1. The first-order chi connectivity index (χ1) is 12.6. The maximum Gasteiger partial charge on any atom is 0.337 e. The minimum absolute atomic E-state index is 0.269. The number of nitrogens with one attached hydrogen (secondary N) is 1. The molecular formula is C20H25N3O3. The zero-order valence-corrected chi connectivity index (χ0v) is 15.5. The maximum absolute atomic E-state index is 12.6. The molecule has 1 aromatic heterocycles. The molecule has 0 spiro atoms. The van der Waals surface area contributed by atoms with E-state index in [-0.39, 0.29) is 5.91 Å². The lowest BCUT2D eigenvalue weighted by Crippen LogP contribution is -2.25. The summed E-state index contributed by atoms with van der Waals surface area (Å²) in [4.78, 5) is 30.6. The van der Waals surface area contributed by atoms with Crippen molar-refractivity contribution in [2.75, 3.05) is 30.4 Å². The van der Waals surface area contributed by atoms with Gasteiger partial charge in [-0.25, -0.2) is 4.79 Å². The number of nitrogens with zero attached hydrogens (tertiary/aromatic N) is 2. The summed E-state index contributed by atoms with van der Waals surface area (Å²) in [7, 11) is 1.32. The van der Waals surface area contributed by atoms with Crippen LogP contribution in [0.2, 0.25) is 0 Å². The summed E-state index contributed by atoms with van der Waals surface area (Å²) >= 11 is 0. The summed E-state index contributed by atoms with van der Waals surface area (Å²) in [6, 6.07) is 8.49. The molecule has 1 aromatic carbocycles. The van der Waals surface area contributed by atoms with Crippen molar-refractivity contribution in [3.8, 4) is 0 Å². The number of aromatic nitrogens is 1. The van der Waals surface area contributed by atoms with Crippen molar-refractivity contribution in [2.24, 2.45) is 0 Å². The Labute approximate surface area is 154 Å². The average molecular weight is 355 g/mol. The van der Waals surface area contributed by atoms with Gasteiger partial charge in [-0.1, -0.05) is 19.9 Å². The zero-order chi connectivity index (χ0) is 18.9. The summed E-state index contributed by atoms with van der Waals surface area (Å²) in [6.07, 6.45) is 5.37. The largest absolute Gasteiger partial charge is 0.465 e. The van der Waals surface area contributed by atoms with E-state index in [1.807, 2.05) is 6.07 Å². The fourth-order valence-electron chi connectivity index (χ4n) is 2.68. The highest BCUT2D eigenvalue weighted by atomic mass is 16.5. The lowest BCUT2D eigenvalue weighted by atomic mass is 10.2. The summed E-state index contributed by atoms with van der Waals surface area (Å²) in [5.74, 6) is -0.714. The molecule has 1 amide bonds. The number of carbonyl (C=O) groups is 2. The Morgan fingerprint density at radius 1 is 1.08 bits per heavy atom. The number of benzene rings is 1. The summed E-state index contributed by atoms with van der Waals surface area (Å²) in [6.45, 7) is 6.09. The van der Waals surface area contributed by atoms with Gasteiger partial charge >= 0.3 is 5.97 Å². The highest BCUT2D eigenvalue weighted by Gasteiger charge is 2.12. The Hall–Kier alpha value is -2.89. The number of amides is 1. The summed E-state index contributed by atoms with van der Waals surface area (Å²) in [5, 5.41) is 2.80. The molecule has 2 aromatic rings. The minimum atomic E-state index is -0.445. The topological polar surface area (TPSA) is 71.5 Å². The summed E-state index contributed by atoms with van der Waals surface area (Å²) in [5.41, 5.74) is 2.32. The fourth-order valence-corrected chi connectivity index (χ4v) is 2.68. The van der Waals surface area contributed by atoms with Gasteiger partial charge in [-0.15, -0.1) is 0 Å². The van der Waals surface area contributed by atoms with Gasteiger partial charge in [0, 0.05) is 25.0 Å². The number of pyridine rings is 1. The molecule has 6 nitrogen and oxygen atoms in total. The van der Waals surface area contributed by atoms with Crippen LogP contribution in [0.5, 0.6) is 0 Å². The van der Waals surface area contributed by atoms with E-state index >= 15 is 0 Å². The van der Waals surface area contributed by atoms with Gasteiger partial charge in [-0.05, 0) is 37.1 Å². The normalized spacial score (nSPS) is 10.3. The van der Waals surface area contributed by atoms with Gasteiger partial charge in [-0.3, -0.25) is 9.78 Å². The number of carbonyl (C=O) groups excluding carboxylic acids is 2. The van der Waals surface area contributed by atoms with Crippen molar-refractivity contribution < 1.29 is 14.3 Å². The number of anilines is 2. The van der Waals surface area contributed by atoms with Crippen LogP contribution in [0.4, 0.5) is 11.4 Å². The molecule has 138 valence electrons. The Kier molecular flexibility index (Phi) is 7.14.